The summed E-state index contributed by atoms with van der Waals surface area (Å²) in [6, 6.07) is 0. The molecule has 0 aromatic carbocycles. The number of unbranched alkanes of at least 4 members (excludes halogenated alkanes) is 2. The van der Waals surface area contributed by atoms with E-state index in [-0.39, 0.29) is 17.8 Å². The average Bonchev–Trinajstić information content (AvgIpc) is 2.11. The summed E-state index contributed by atoms with van der Waals surface area (Å²) in [5.41, 5.74) is 0. The molecule has 0 heterocycles. The molecule has 0 amide bonds. The number of aliphatic carboxylic acids is 1. The lowest BCUT2D eigenvalue weighted by atomic mass is 9.85. The molecule has 0 bridgehead atoms. The third kappa shape index (κ3) is 5.47. The molecule has 1 N–H and O–H groups in total. The lowest BCUT2D eigenvalue weighted by Gasteiger charge is -2.18. The second-order valence-electron chi connectivity index (χ2n) is 4.32. The van der Waals surface area contributed by atoms with Crippen molar-refractivity contribution in [1.29, 1.82) is 0 Å². The maximum absolute atomic E-state index is 11.0. The van der Waals surface area contributed by atoms with E-state index in [2.05, 4.69) is 18.8 Å². The smallest absolute Gasteiger partial charge is 0.308 e. The summed E-state index contributed by atoms with van der Waals surface area (Å²) in [6.07, 6.45) is 3.11. The standard InChI is InChI=1S/C13H22O2/c1-5-6-7-8-9-11(4)12(10(2)3)13(14)15/h10-12H,5-7H2,1-4H3,(H,14,15). The average molecular weight is 210 g/mol. The van der Waals surface area contributed by atoms with Gasteiger partial charge in [-0.25, -0.2) is 0 Å². The predicted octanol–water partition coefficient (Wildman–Crippen LogP) is 3.17. The van der Waals surface area contributed by atoms with E-state index in [1.807, 2.05) is 20.8 Å². The van der Waals surface area contributed by atoms with Gasteiger partial charge in [0.2, 0.25) is 0 Å². The zero-order chi connectivity index (χ0) is 11.8. The van der Waals surface area contributed by atoms with Gasteiger partial charge < -0.3 is 5.11 Å². The maximum Gasteiger partial charge on any atom is 0.308 e. The second-order valence-corrected chi connectivity index (χ2v) is 4.32. The summed E-state index contributed by atoms with van der Waals surface area (Å²) in [7, 11) is 0. The fraction of sp³-hybridized carbons (Fsp3) is 0.769. The second kappa shape index (κ2) is 7.34. The van der Waals surface area contributed by atoms with Crippen molar-refractivity contribution in [3.8, 4) is 11.8 Å². The Labute approximate surface area is 93.1 Å². The molecule has 0 aliphatic heterocycles. The fourth-order valence-corrected chi connectivity index (χ4v) is 1.66. The molecule has 2 unspecified atom stereocenters. The van der Waals surface area contributed by atoms with E-state index < -0.39 is 5.97 Å². The lowest BCUT2D eigenvalue weighted by Crippen LogP contribution is -2.25. The number of carboxylic acids is 1. The summed E-state index contributed by atoms with van der Waals surface area (Å²) in [5.74, 6) is 5.11. The van der Waals surface area contributed by atoms with Crippen molar-refractivity contribution in [3.63, 3.8) is 0 Å². The Hall–Kier alpha value is -0.970. The number of hydrogen-bond donors (Lipinski definition) is 1. The van der Waals surface area contributed by atoms with E-state index in [1.54, 1.807) is 0 Å². The minimum absolute atomic E-state index is 0.0562. The lowest BCUT2D eigenvalue weighted by molar-refractivity contribution is -0.144. The minimum atomic E-state index is -0.734. The van der Waals surface area contributed by atoms with Crippen LogP contribution in [0.4, 0.5) is 0 Å². The highest BCUT2D eigenvalue weighted by Crippen LogP contribution is 2.20. The van der Waals surface area contributed by atoms with Crippen LogP contribution >= 0.6 is 0 Å². The van der Waals surface area contributed by atoms with Crippen LogP contribution in [0.25, 0.3) is 0 Å². The first-order chi connectivity index (χ1) is 7.00. The number of hydrogen-bond acceptors (Lipinski definition) is 1. The fourth-order valence-electron chi connectivity index (χ4n) is 1.66. The molecule has 0 fully saturated rings. The Balaban J connectivity index is 4.29. The highest BCUT2D eigenvalue weighted by atomic mass is 16.4. The minimum Gasteiger partial charge on any atom is -0.481 e. The molecule has 0 saturated carbocycles. The molecule has 0 aromatic rings. The van der Waals surface area contributed by atoms with Crippen molar-refractivity contribution < 1.29 is 9.90 Å². The van der Waals surface area contributed by atoms with E-state index in [0.29, 0.717) is 0 Å². The van der Waals surface area contributed by atoms with Crippen LogP contribution in [0.3, 0.4) is 0 Å². The molecule has 0 radical (unpaired) electrons. The van der Waals surface area contributed by atoms with Crippen LogP contribution in [-0.4, -0.2) is 11.1 Å². The third-order valence-corrected chi connectivity index (χ3v) is 2.53. The van der Waals surface area contributed by atoms with Gasteiger partial charge in [-0.1, -0.05) is 40.0 Å². The van der Waals surface area contributed by atoms with E-state index >= 15 is 0 Å². The van der Waals surface area contributed by atoms with Gasteiger partial charge in [-0.15, -0.1) is 5.92 Å². The zero-order valence-electron chi connectivity index (χ0n) is 10.2. The van der Waals surface area contributed by atoms with Crippen LogP contribution < -0.4 is 0 Å². The van der Waals surface area contributed by atoms with Gasteiger partial charge in [-0.05, 0) is 12.3 Å². The van der Waals surface area contributed by atoms with Crippen molar-refractivity contribution in [3.05, 3.63) is 0 Å². The molecule has 0 saturated heterocycles. The quantitative estimate of drug-likeness (QED) is 0.559. The van der Waals surface area contributed by atoms with Gasteiger partial charge in [0.05, 0.1) is 5.92 Å². The monoisotopic (exact) mass is 210 g/mol. The highest BCUT2D eigenvalue weighted by Gasteiger charge is 2.26. The number of carboxylic acid groups (broad SMARTS) is 1. The predicted molar refractivity (Wildman–Crippen MR) is 62.4 cm³/mol. The molecule has 2 atom stereocenters. The maximum atomic E-state index is 11.0. The van der Waals surface area contributed by atoms with Crippen molar-refractivity contribution >= 4 is 5.97 Å². The summed E-state index contributed by atoms with van der Waals surface area (Å²) >= 11 is 0. The van der Waals surface area contributed by atoms with Gasteiger partial charge in [0, 0.05) is 12.3 Å². The first kappa shape index (κ1) is 14.0. The first-order valence-electron chi connectivity index (χ1n) is 5.71. The van der Waals surface area contributed by atoms with Gasteiger partial charge >= 0.3 is 5.97 Å². The van der Waals surface area contributed by atoms with Crippen molar-refractivity contribution in [2.75, 3.05) is 0 Å². The molecule has 0 aliphatic rings. The van der Waals surface area contributed by atoms with E-state index in [9.17, 15) is 4.79 Å². The van der Waals surface area contributed by atoms with Crippen LogP contribution in [0.15, 0.2) is 0 Å². The molecule has 0 aliphatic carbocycles. The van der Waals surface area contributed by atoms with E-state index in [1.165, 1.54) is 0 Å². The summed E-state index contributed by atoms with van der Waals surface area (Å²) < 4.78 is 0. The Morgan fingerprint density at radius 2 is 1.93 bits per heavy atom. The molecular weight excluding hydrogens is 188 g/mol. The van der Waals surface area contributed by atoms with E-state index in [4.69, 9.17) is 5.11 Å². The first-order valence-corrected chi connectivity index (χ1v) is 5.71. The third-order valence-electron chi connectivity index (χ3n) is 2.53. The Morgan fingerprint density at radius 1 is 1.33 bits per heavy atom. The van der Waals surface area contributed by atoms with Crippen molar-refractivity contribution in [1.82, 2.24) is 0 Å². The normalized spacial score (nSPS) is 14.2. The SMILES string of the molecule is CCCCC#CC(C)C(C(=O)O)C(C)C. The van der Waals surface area contributed by atoms with Gasteiger partial charge in [-0.3, -0.25) is 4.79 Å². The number of carbonyl (C=O) groups is 1. The molecule has 2 heteroatoms. The van der Waals surface area contributed by atoms with Gasteiger partial charge in [-0.2, -0.15) is 0 Å². The van der Waals surface area contributed by atoms with Crippen LogP contribution in [0.5, 0.6) is 0 Å². The summed E-state index contributed by atoms with van der Waals surface area (Å²) in [4.78, 5) is 11.0. The topological polar surface area (TPSA) is 37.3 Å². The molecule has 0 aromatic heterocycles. The summed E-state index contributed by atoms with van der Waals surface area (Å²) in [5, 5.41) is 9.05. The van der Waals surface area contributed by atoms with Crippen molar-refractivity contribution in [2.45, 2.75) is 47.0 Å². The molecule has 0 spiro atoms. The van der Waals surface area contributed by atoms with Crippen LogP contribution in [-0.2, 0) is 4.79 Å². The zero-order valence-corrected chi connectivity index (χ0v) is 10.2. The van der Waals surface area contributed by atoms with Gasteiger partial charge in [0.1, 0.15) is 0 Å². The Kier molecular flexibility index (Phi) is 6.86. The summed E-state index contributed by atoms with van der Waals surface area (Å²) in [6.45, 7) is 7.89. The molecule has 0 rings (SSSR count). The van der Waals surface area contributed by atoms with Crippen LogP contribution in [0.1, 0.15) is 47.0 Å². The largest absolute Gasteiger partial charge is 0.481 e. The highest BCUT2D eigenvalue weighted by molar-refractivity contribution is 5.71. The van der Waals surface area contributed by atoms with Crippen molar-refractivity contribution in [2.24, 2.45) is 17.8 Å². The van der Waals surface area contributed by atoms with Crippen LogP contribution in [0, 0.1) is 29.6 Å². The van der Waals surface area contributed by atoms with E-state index in [0.717, 1.165) is 19.3 Å². The Bertz CT molecular complexity index is 245. The van der Waals surface area contributed by atoms with Crippen LogP contribution in [0.2, 0.25) is 0 Å². The molecular formula is C13H22O2. The molecule has 86 valence electrons. The number of rotatable bonds is 5. The van der Waals surface area contributed by atoms with Gasteiger partial charge in [0.25, 0.3) is 0 Å². The molecule has 2 nitrogen and oxygen atoms in total. The Morgan fingerprint density at radius 3 is 2.33 bits per heavy atom. The molecule has 15 heavy (non-hydrogen) atoms. The van der Waals surface area contributed by atoms with Gasteiger partial charge in [0.15, 0.2) is 0 Å².